The van der Waals surface area contributed by atoms with Gasteiger partial charge in [-0.15, -0.1) is 0 Å². The van der Waals surface area contributed by atoms with E-state index < -0.39 is 29.5 Å². The molecule has 0 fully saturated rings. The highest BCUT2D eigenvalue weighted by atomic mass is 35.5. The number of Topliss-reactive ketones (excluding diaryl/α,β-unsaturated/α-hetero) is 1. The highest BCUT2D eigenvalue weighted by Crippen LogP contribution is 2.43. The Balaban J connectivity index is 0.000000852. The molecule has 0 spiro atoms. The molecule has 34 heavy (non-hydrogen) atoms. The molecule has 2 aromatic carbocycles. The van der Waals surface area contributed by atoms with Gasteiger partial charge in [-0.1, -0.05) is 34.8 Å². The third-order valence-electron chi connectivity index (χ3n) is 4.58. The molecule has 5 nitrogen and oxygen atoms in total. The molecule has 188 valence electrons. The predicted molar refractivity (Wildman–Crippen MR) is 126 cm³/mol. The standard InChI is InChI=1S/C18H13Cl3F3NO3.C5H12O/c19-13-4-12(5-14(20)6-13)17(28,18(22,23)24)7-16(27)10-1-2-15(21)11(3-10)8-25-9-26;1-5(2,3)6-4/h1-6,9,28H,7-8H2,(H,25,26);1-4H3. The van der Waals surface area contributed by atoms with Crippen molar-refractivity contribution in [2.45, 2.75) is 51.1 Å². The molecule has 11 heteroatoms. The van der Waals surface area contributed by atoms with E-state index >= 15 is 0 Å². The fourth-order valence-electron chi connectivity index (χ4n) is 2.53. The van der Waals surface area contributed by atoms with Gasteiger partial charge in [0, 0.05) is 34.3 Å². The van der Waals surface area contributed by atoms with E-state index in [1.807, 2.05) is 20.8 Å². The summed E-state index contributed by atoms with van der Waals surface area (Å²) < 4.78 is 46.0. The van der Waals surface area contributed by atoms with Crippen LogP contribution < -0.4 is 5.32 Å². The van der Waals surface area contributed by atoms with Crippen molar-refractivity contribution in [3.63, 3.8) is 0 Å². The van der Waals surface area contributed by atoms with Crippen LogP contribution in [0, 0.1) is 0 Å². The number of nitrogens with one attached hydrogen (secondary N) is 1. The number of benzene rings is 2. The Hall–Kier alpha value is -1.84. The van der Waals surface area contributed by atoms with Gasteiger partial charge in [0.05, 0.1) is 12.0 Å². The van der Waals surface area contributed by atoms with E-state index in [1.54, 1.807) is 7.11 Å². The van der Waals surface area contributed by atoms with Crippen LogP contribution in [0.25, 0.3) is 0 Å². The Morgan fingerprint density at radius 2 is 1.59 bits per heavy atom. The van der Waals surface area contributed by atoms with Crippen LogP contribution >= 0.6 is 34.8 Å². The molecule has 2 aromatic rings. The summed E-state index contributed by atoms with van der Waals surface area (Å²) in [7, 11) is 1.71. The third-order valence-corrected chi connectivity index (χ3v) is 5.39. The summed E-state index contributed by atoms with van der Waals surface area (Å²) in [6.45, 7) is 6.05. The smallest absolute Gasteiger partial charge is 0.379 e. The minimum Gasteiger partial charge on any atom is -0.379 e. The molecule has 0 aliphatic heterocycles. The Morgan fingerprint density at radius 1 is 1.06 bits per heavy atom. The van der Waals surface area contributed by atoms with Crippen molar-refractivity contribution in [1.29, 1.82) is 0 Å². The SMILES string of the molecule is COC(C)(C)C.O=CNCc1cc(C(=O)CC(O)(c2cc(Cl)cc(Cl)c2)C(F)(F)F)ccc1Cl. The number of methoxy groups -OCH3 is 1. The fraction of sp³-hybridized carbons (Fsp3) is 0.391. The summed E-state index contributed by atoms with van der Waals surface area (Å²) in [5, 5.41) is 12.7. The van der Waals surface area contributed by atoms with Gasteiger partial charge in [0.15, 0.2) is 11.4 Å². The maximum atomic E-state index is 13.7. The minimum atomic E-state index is -5.18. The van der Waals surface area contributed by atoms with Crippen molar-refractivity contribution in [2.24, 2.45) is 0 Å². The molecule has 0 saturated heterocycles. The van der Waals surface area contributed by atoms with Gasteiger partial charge < -0.3 is 15.2 Å². The molecule has 0 radical (unpaired) electrons. The van der Waals surface area contributed by atoms with E-state index in [2.05, 4.69) is 5.32 Å². The number of hydrogen-bond acceptors (Lipinski definition) is 4. The average Bonchev–Trinajstić information content (AvgIpc) is 2.71. The topological polar surface area (TPSA) is 75.6 Å². The number of hydrogen-bond donors (Lipinski definition) is 2. The van der Waals surface area contributed by atoms with Crippen LogP contribution in [0.4, 0.5) is 13.2 Å². The quantitative estimate of drug-likeness (QED) is 0.316. The van der Waals surface area contributed by atoms with Gasteiger partial charge >= 0.3 is 6.18 Å². The Morgan fingerprint density at radius 3 is 2.03 bits per heavy atom. The lowest BCUT2D eigenvalue weighted by Gasteiger charge is -2.30. The van der Waals surface area contributed by atoms with E-state index in [1.165, 1.54) is 24.3 Å². The second-order valence-electron chi connectivity index (χ2n) is 8.24. The average molecular weight is 543 g/mol. The molecule has 0 aliphatic rings. The Labute approximate surface area is 211 Å². The maximum absolute atomic E-state index is 13.7. The van der Waals surface area contributed by atoms with Crippen LogP contribution in [-0.4, -0.2) is 36.2 Å². The number of carbonyl (C=O) groups excluding carboxylic acids is 2. The minimum absolute atomic E-state index is 0.0170. The van der Waals surface area contributed by atoms with E-state index in [-0.39, 0.29) is 32.8 Å². The zero-order valence-corrected chi connectivity index (χ0v) is 21.2. The Bertz CT molecular complexity index is 990. The zero-order chi connectivity index (χ0) is 26.3. The van der Waals surface area contributed by atoms with Gasteiger partial charge in [-0.3, -0.25) is 9.59 Å². The summed E-state index contributed by atoms with van der Waals surface area (Å²) in [5.74, 6) is -0.986. The predicted octanol–water partition coefficient (Wildman–Crippen LogP) is 6.35. The lowest BCUT2D eigenvalue weighted by molar-refractivity contribution is -0.264. The second-order valence-corrected chi connectivity index (χ2v) is 9.52. The first-order valence-corrected chi connectivity index (χ1v) is 11.0. The van der Waals surface area contributed by atoms with Crippen molar-refractivity contribution in [2.75, 3.05) is 7.11 Å². The molecule has 0 bridgehead atoms. The van der Waals surface area contributed by atoms with Crippen LogP contribution in [0.15, 0.2) is 36.4 Å². The van der Waals surface area contributed by atoms with Crippen LogP contribution in [0.2, 0.25) is 15.1 Å². The molecule has 2 rings (SSSR count). The van der Waals surface area contributed by atoms with Crippen molar-refractivity contribution < 1.29 is 32.6 Å². The van der Waals surface area contributed by atoms with Crippen LogP contribution in [0.3, 0.4) is 0 Å². The number of amides is 1. The molecule has 0 saturated carbocycles. The third kappa shape index (κ3) is 8.74. The van der Waals surface area contributed by atoms with Gasteiger partial charge in [0.2, 0.25) is 6.41 Å². The van der Waals surface area contributed by atoms with Crippen molar-refractivity contribution in [3.8, 4) is 0 Å². The fourth-order valence-corrected chi connectivity index (χ4v) is 3.24. The van der Waals surface area contributed by atoms with Crippen LogP contribution in [-0.2, 0) is 21.7 Å². The summed E-state index contributed by atoms with van der Waals surface area (Å²) in [6, 6.07) is 6.81. The summed E-state index contributed by atoms with van der Waals surface area (Å²) in [4.78, 5) is 22.9. The van der Waals surface area contributed by atoms with Crippen LogP contribution in [0.1, 0.15) is 48.7 Å². The monoisotopic (exact) mass is 541 g/mol. The van der Waals surface area contributed by atoms with Crippen molar-refractivity contribution in [1.82, 2.24) is 5.32 Å². The first-order valence-electron chi connectivity index (χ1n) is 9.83. The first-order chi connectivity index (χ1) is 15.5. The van der Waals surface area contributed by atoms with Gasteiger partial charge in [-0.25, -0.2) is 0 Å². The van der Waals surface area contributed by atoms with Gasteiger partial charge in [0.1, 0.15) is 0 Å². The lowest BCUT2D eigenvalue weighted by Crippen LogP contribution is -2.44. The van der Waals surface area contributed by atoms with Crippen LogP contribution in [0.5, 0.6) is 0 Å². The molecule has 0 aliphatic carbocycles. The van der Waals surface area contributed by atoms with Crippen molar-refractivity contribution in [3.05, 3.63) is 68.2 Å². The highest BCUT2D eigenvalue weighted by Gasteiger charge is 2.56. The molecule has 1 amide bonds. The second kappa shape index (κ2) is 12.2. The molecular weight excluding hydrogens is 518 g/mol. The maximum Gasteiger partial charge on any atom is 0.421 e. The van der Waals surface area contributed by atoms with Gasteiger partial charge in [-0.05, 0) is 68.3 Å². The summed E-state index contributed by atoms with van der Waals surface area (Å²) >= 11 is 17.4. The van der Waals surface area contributed by atoms with Crippen molar-refractivity contribution >= 4 is 47.0 Å². The first kappa shape index (κ1) is 30.2. The number of carbonyl (C=O) groups is 2. The number of alkyl halides is 3. The number of halogens is 6. The largest absolute Gasteiger partial charge is 0.421 e. The number of ketones is 1. The highest BCUT2D eigenvalue weighted by molar-refractivity contribution is 6.34. The molecule has 1 atom stereocenters. The van der Waals surface area contributed by atoms with Gasteiger partial charge in [0.25, 0.3) is 0 Å². The van der Waals surface area contributed by atoms with E-state index in [0.717, 1.165) is 12.1 Å². The molecular formula is C23H25Cl3F3NO4. The molecule has 2 N–H and O–H groups in total. The van der Waals surface area contributed by atoms with E-state index in [9.17, 15) is 27.9 Å². The van der Waals surface area contributed by atoms with Gasteiger partial charge in [-0.2, -0.15) is 13.2 Å². The number of aliphatic hydroxyl groups is 1. The number of rotatable bonds is 7. The molecule has 1 unspecified atom stereocenters. The number of ether oxygens (including phenoxy) is 1. The Kier molecular flexibility index (Phi) is 10.9. The normalized spacial score (nSPS) is 13.4. The lowest BCUT2D eigenvalue weighted by atomic mass is 9.86. The molecule has 0 heterocycles. The summed E-state index contributed by atoms with van der Waals surface area (Å²) in [6.07, 6.45) is -6.06. The summed E-state index contributed by atoms with van der Waals surface area (Å²) in [5.41, 5.74) is -3.88. The van der Waals surface area contributed by atoms with E-state index in [4.69, 9.17) is 39.5 Å². The molecule has 0 aromatic heterocycles. The van der Waals surface area contributed by atoms with E-state index in [0.29, 0.717) is 12.0 Å². The zero-order valence-electron chi connectivity index (χ0n) is 18.9.